The highest BCUT2D eigenvalue weighted by molar-refractivity contribution is 5.32. The van der Waals surface area contributed by atoms with Crippen LogP contribution in [0.25, 0.3) is 0 Å². The Balaban J connectivity index is 1.24. The van der Waals surface area contributed by atoms with Crippen LogP contribution in [0, 0.1) is 0 Å². The Labute approximate surface area is 166 Å². The van der Waals surface area contributed by atoms with Crippen molar-refractivity contribution < 1.29 is 4.74 Å². The van der Waals surface area contributed by atoms with E-state index < -0.39 is 0 Å². The Kier molecular flexibility index (Phi) is 4.93. The van der Waals surface area contributed by atoms with Crippen molar-refractivity contribution in [3.63, 3.8) is 0 Å². The summed E-state index contributed by atoms with van der Waals surface area (Å²) >= 11 is 0. The first kappa shape index (κ1) is 17.6. The van der Waals surface area contributed by atoms with Crippen molar-refractivity contribution in [1.82, 2.24) is 19.7 Å². The van der Waals surface area contributed by atoms with E-state index in [0.717, 1.165) is 51.3 Å². The number of hydrogen-bond donors (Lipinski definition) is 0. The second-order valence-electron chi connectivity index (χ2n) is 7.87. The molecule has 1 atom stereocenters. The van der Waals surface area contributed by atoms with Crippen molar-refractivity contribution in [2.45, 2.75) is 38.0 Å². The third-order valence-electron chi connectivity index (χ3n) is 5.90. The molecule has 1 aliphatic carbocycles. The third kappa shape index (κ3) is 3.73. The summed E-state index contributed by atoms with van der Waals surface area (Å²) in [4.78, 5) is 7.06. The lowest BCUT2D eigenvalue weighted by Crippen LogP contribution is -2.43. The summed E-state index contributed by atoms with van der Waals surface area (Å²) in [5.41, 5.74) is 4.24. The molecule has 0 saturated carbocycles. The van der Waals surface area contributed by atoms with E-state index in [-0.39, 0.29) is 6.10 Å². The molecule has 1 aromatic heterocycles. The van der Waals surface area contributed by atoms with Crippen LogP contribution in [0.3, 0.4) is 0 Å². The van der Waals surface area contributed by atoms with Crippen LogP contribution in [0.5, 0.6) is 0 Å². The number of morpholine rings is 1. The number of ether oxygens (including phenoxy) is 1. The summed E-state index contributed by atoms with van der Waals surface area (Å²) in [5.74, 6) is 1.05. The predicted octanol–water partition coefficient (Wildman–Crippen LogP) is 3.06. The fourth-order valence-corrected chi connectivity index (χ4v) is 4.53. The molecule has 28 heavy (non-hydrogen) atoms. The Morgan fingerprint density at radius 2 is 1.71 bits per heavy atom. The van der Waals surface area contributed by atoms with Crippen molar-refractivity contribution in [1.29, 1.82) is 0 Å². The van der Waals surface area contributed by atoms with Crippen LogP contribution in [0.4, 0.5) is 0 Å². The molecule has 144 valence electrons. The molecule has 0 spiro atoms. The second-order valence-corrected chi connectivity index (χ2v) is 7.87. The van der Waals surface area contributed by atoms with Crippen LogP contribution in [0.15, 0.2) is 60.9 Å². The van der Waals surface area contributed by atoms with Crippen molar-refractivity contribution in [3.05, 3.63) is 83.4 Å². The van der Waals surface area contributed by atoms with Crippen LogP contribution < -0.4 is 0 Å². The highest BCUT2D eigenvalue weighted by Crippen LogP contribution is 2.30. The van der Waals surface area contributed by atoms with Gasteiger partial charge in [0.15, 0.2) is 0 Å². The Hall–Kier alpha value is -2.50. The lowest BCUT2D eigenvalue weighted by Gasteiger charge is -2.33. The van der Waals surface area contributed by atoms with Crippen LogP contribution in [-0.2, 0) is 30.5 Å². The summed E-state index contributed by atoms with van der Waals surface area (Å²) in [6, 6.07) is 19.8. The van der Waals surface area contributed by atoms with Crippen molar-refractivity contribution in [2.24, 2.45) is 0 Å². The van der Waals surface area contributed by atoms with Crippen LogP contribution >= 0.6 is 0 Å². The first-order valence-corrected chi connectivity index (χ1v) is 10.2. The molecule has 1 aliphatic heterocycles. The summed E-state index contributed by atoms with van der Waals surface area (Å²) in [7, 11) is 0. The molecule has 1 saturated heterocycles. The van der Waals surface area contributed by atoms with Crippen molar-refractivity contribution >= 4 is 0 Å². The van der Waals surface area contributed by atoms with Gasteiger partial charge in [-0.3, -0.25) is 4.90 Å². The molecule has 5 nitrogen and oxygen atoms in total. The lowest BCUT2D eigenvalue weighted by atomic mass is 10.1. The number of fused-ring (bicyclic) bond motifs is 1. The Bertz CT molecular complexity index is 898. The average molecular weight is 374 g/mol. The molecule has 0 N–H and O–H groups in total. The number of benzene rings is 2. The molecule has 2 aromatic carbocycles. The number of nitrogens with zero attached hydrogens (tertiary/aromatic N) is 4. The van der Waals surface area contributed by atoms with Gasteiger partial charge in [0.2, 0.25) is 0 Å². The Morgan fingerprint density at radius 1 is 0.964 bits per heavy atom. The summed E-state index contributed by atoms with van der Waals surface area (Å²) in [6.45, 7) is 3.68. The first-order valence-electron chi connectivity index (χ1n) is 10.2. The molecular formula is C23H26N4O. The highest BCUT2D eigenvalue weighted by atomic mass is 16.5. The molecule has 3 aromatic rings. The smallest absolute Gasteiger partial charge is 0.138 e. The van der Waals surface area contributed by atoms with E-state index in [2.05, 4.69) is 74.3 Å². The Morgan fingerprint density at radius 3 is 2.50 bits per heavy atom. The van der Waals surface area contributed by atoms with Gasteiger partial charge < -0.3 is 4.74 Å². The minimum Gasteiger partial charge on any atom is -0.375 e. The zero-order valence-corrected chi connectivity index (χ0v) is 16.1. The minimum absolute atomic E-state index is 0.171. The van der Waals surface area contributed by atoms with Crippen LogP contribution in [-0.4, -0.2) is 45.5 Å². The second kappa shape index (κ2) is 7.86. The average Bonchev–Trinajstić information content (AvgIpc) is 3.35. The van der Waals surface area contributed by atoms with Crippen molar-refractivity contribution in [3.8, 4) is 0 Å². The number of hydrogen-bond acceptors (Lipinski definition) is 4. The van der Waals surface area contributed by atoms with Gasteiger partial charge in [0.1, 0.15) is 12.2 Å². The monoisotopic (exact) mass is 374 g/mol. The normalized spacial score (nSPS) is 20.4. The standard InChI is InChI=1S/C23H26N4O/c1-2-6-18(7-3-1)15-26-10-11-28-22(16-26)14-23-24-17-25-27(23)21-12-19-8-4-5-9-20(19)13-21/h1-9,17,21-22H,10-16H2/t22-/m1/s1. The van der Waals surface area contributed by atoms with Gasteiger partial charge in [-0.2, -0.15) is 5.10 Å². The molecule has 5 heteroatoms. The molecule has 0 unspecified atom stereocenters. The maximum atomic E-state index is 6.08. The molecule has 2 aliphatic rings. The number of aromatic nitrogens is 3. The zero-order chi connectivity index (χ0) is 18.8. The van der Waals surface area contributed by atoms with E-state index in [1.807, 2.05) is 0 Å². The highest BCUT2D eigenvalue weighted by Gasteiger charge is 2.27. The van der Waals surface area contributed by atoms with Gasteiger partial charge in [-0.15, -0.1) is 0 Å². The maximum absolute atomic E-state index is 6.08. The van der Waals surface area contributed by atoms with Crippen LogP contribution in [0.1, 0.15) is 28.6 Å². The van der Waals surface area contributed by atoms with Gasteiger partial charge in [0.25, 0.3) is 0 Å². The van der Waals surface area contributed by atoms with E-state index in [9.17, 15) is 0 Å². The van der Waals surface area contributed by atoms with Gasteiger partial charge in [0.05, 0.1) is 18.8 Å². The lowest BCUT2D eigenvalue weighted by molar-refractivity contribution is -0.0319. The summed E-state index contributed by atoms with van der Waals surface area (Å²) in [5, 5.41) is 4.57. The van der Waals surface area contributed by atoms with Gasteiger partial charge in [0, 0.05) is 26.1 Å². The predicted molar refractivity (Wildman–Crippen MR) is 108 cm³/mol. The number of rotatable bonds is 5. The first-order chi connectivity index (χ1) is 13.8. The summed E-state index contributed by atoms with van der Waals surface area (Å²) in [6.07, 6.45) is 4.77. The SMILES string of the molecule is c1ccc(CN2CCO[C@H](Cc3ncnn3C3Cc4ccccc4C3)C2)cc1. The van der Waals surface area contributed by atoms with Crippen molar-refractivity contribution in [2.75, 3.05) is 19.7 Å². The van der Waals surface area contributed by atoms with E-state index in [0.29, 0.717) is 6.04 Å². The van der Waals surface area contributed by atoms with E-state index >= 15 is 0 Å². The topological polar surface area (TPSA) is 43.2 Å². The van der Waals surface area contributed by atoms with Crippen LogP contribution in [0.2, 0.25) is 0 Å². The van der Waals surface area contributed by atoms with E-state index in [1.165, 1.54) is 16.7 Å². The maximum Gasteiger partial charge on any atom is 0.138 e. The molecule has 0 radical (unpaired) electrons. The fraction of sp³-hybridized carbons (Fsp3) is 0.391. The molecule has 1 fully saturated rings. The van der Waals surface area contributed by atoms with E-state index in [1.54, 1.807) is 6.33 Å². The van der Waals surface area contributed by atoms with Gasteiger partial charge >= 0.3 is 0 Å². The summed E-state index contributed by atoms with van der Waals surface area (Å²) < 4.78 is 8.21. The van der Waals surface area contributed by atoms with E-state index in [4.69, 9.17) is 4.74 Å². The minimum atomic E-state index is 0.171. The van der Waals surface area contributed by atoms with Gasteiger partial charge in [-0.05, 0) is 29.5 Å². The fourth-order valence-electron chi connectivity index (χ4n) is 4.53. The molecule has 0 amide bonds. The largest absolute Gasteiger partial charge is 0.375 e. The van der Waals surface area contributed by atoms with Gasteiger partial charge in [-0.25, -0.2) is 9.67 Å². The molecule has 0 bridgehead atoms. The third-order valence-corrected chi connectivity index (χ3v) is 5.90. The molecule has 5 rings (SSSR count). The molecular weight excluding hydrogens is 348 g/mol. The quantitative estimate of drug-likeness (QED) is 0.688. The van der Waals surface area contributed by atoms with Gasteiger partial charge in [-0.1, -0.05) is 54.6 Å². The zero-order valence-electron chi connectivity index (χ0n) is 16.1. The molecule has 2 heterocycles.